The van der Waals surface area contributed by atoms with E-state index in [1.165, 1.54) is 10.9 Å². The molecule has 2 aliphatic rings. The number of nitrogens with one attached hydrogen (secondary N) is 1. The molecule has 0 bridgehead atoms. The van der Waals surface area contributed by atoms with Gasteiger partial charge in [0.25, 0.3) is 21.2 Å². The maximum absolute atomic E-state index is 12.5. The maximum Gasteiger partial charge on any atom is 1.00 e. The Hall–Kier alpha value is -0.440. The fourth-order valence-corrected chi connectivity index (χ4v) is 7.03. The van der Waals surface area contributed by atoms with Gasteiger partial charge in [-0.15, -0.1) is 16.7 Å². The summed E-state index contributed by atoms with van der Waals surface area (Å²) in [5, 5.41) is 59.5. The second-order valence-electron chi connectivity index (χ2n) is 10.4. The number of aliphatic hydroxyl groups is 5. The minimum Gasteiger partial charge on any atom is -0.756 e. The molecule has 0 amide bonds. The summed E-state index contributed by atoms with van der Waals surface area (Å²) in [5.41, 5.74) is 5.07. The van der Waals surface area contributed by atoms with Crippen molar-refractivity contribution in [3.8, 4) is 0 Å². The van der Waals surface area contributed by atoms with E-state index >= 15 is 0 Å². The molecule has 0 radical (unpaired) electrons. The molecular weight excluding hydrogens is 748 g/mol. The van der Waals surface area contributed by atoms with Gasteiger partial charge in [0.1, 0.15) is 42.7 Å². The van der Waals surface area contributed by atoms with Crippen LogP contribution in [0.25, 0.3) is 11.2 Å². The molecule has 2 saturated heterocycles. The second-order valence-corrected chi connectivity index (χ2v) is 13.7. The van der Waals surface area contributed by atoms with Crippen molar-refractivity contribution >= 4 is 44.4 Å². The van der Waals surface area contributed by atoms with Crippen molar-refractivity contribution in [2.24, 2.45) is 0 Å². The molecule has 0 spiro atoms. The number of hydrogen-bond donors (Lipinski definition) is 7. The van der Waals surface area contributed by atoms with E-state index in [0.29, 0.717) is 24.4 Å². The van der Waals surface area contributed by atoms with Crippen molar-refractivity contribution in [2.45, 2.75) is 74.6 Å². The molecule has 5 rings (SSSR count). The molecule has 0 aliphatic carbocycles. The van der Waals surface area contributed by atoms with Gasteiger partial charge in [0.2, 0.25) is 5.95 Å². The van der Waals surface area contributed by atoms with Crippen LogP contribution in [0.3, 0.4) is 0 Å². The summed E-state index contributed by atoms with van der Waals surface area (Å²) >= 11 is 5.66. The summed E-state index contributed by atoms with van der Waals surface area (Å²) < 4.78 is 51.1. The summed E-state index contributed by atoms with van der Waals surface area (Å²) in [5.74, 6) is 0.0853. The van der Waals surface area contributed by atoms with Gasteiger partial charge in [0.05, 0.1) is 25.2 Å². The van der Waals surface area contributed by atoms with Crippen LogP contribution >= 0.6 is 27.2 Å². The number of aryl methyl sites for hydroxylation is 1. The summed E-state index contributed by atoms with van der Waals surface area (Å²) in [7, 11) is -11.8. The van der Waals surface area contributed by atoms with Crippen LogP contribution in [0.2, 0.25) is 0 Å². The standard InChI is InChI=1S/C21H31ClN8O15P2.2Na/c22-3-1-2-8-4-29(28-27-8)5-9-12(31)14(33)16(35)20(43-9)44-47(39,40)45-46(37,38)41-6-10-13(32)15(34)19(42-10)30-7-24-11-17(30)25-21(23)26-18(11)36;;/h4,7,9-10,12-16,19-20,31-35H,1-3,5-6H2,(H,37,38)(H,39,40)(H3,23,25,26,36);;/q;2*+1/p-2/t9-,10+,12+,13+,14+,15+,16-,19+,20+;;/m0../s1. The van der Waals surface area contributed by atoms with E-state index in [1.807, 2.05) is 0 Å². The Morgan fingerprint density at radius 1 is 1.02 bits per heavy atom. The Morgan fingerprint density at radius 2 is 1.71 bits per heavy atom. The number of nitrogen functional groups attached to an aromatic ring is 1. The third kappa shape index (κ3) is 10.2. The molecule has 23 nitrogen and oxygen atoms in total. The van der Waals surface area contributed by atoms with Crippen LogP contribution in [-0.4, -0.2) is 122 Å². The van der Waals surface area contributed by atoms with Crippen molar-refractivity contribution < 1.29 is 126 Å². The van der Waals surface area contributed by atoms with E-state index in [1.54, 1.807) is 0 Å². The number of halogens is 1. The Balaban J connectivity index is 0.00000325. The predicted octanol–water partition coefficient (Wildman–Crippen LogP) is -10.4. The van der Waals surface area contributed by atoms with Crippen molar-refractivity contribution in [3.63, 3.8) is 0 Å². The monoisotopic (exact) mass is 776 g/mol. The molecule has 262 valence electrons. The molecule has 8 N–H and O–H groups in total. The minimum atomic E-state index is -5.95. The number of imidazole rings is 1. The van der Waals surface area contributed by atoms with Gasteiger partial charge in [0.15, 0.2) is 23.7 Å². The number of H-pyrrole nitrogens is 1. The zero-order valence-electron chi connectivity index (χ0n) is 25.7. The van der Waals surface area contributed by atoms with Crippen LogP contribution in [0, 0.1) is 0 Å². The average molecular weight is 777 g/mol. The van der Waals surface area contributed by atoms with Gasteiger partial charge in [-0.1, -0.05) is 5.21 Å². The van der Waals surface area contributed by atoms with Crippen LogP contribution in [-0.2, 0) is 44.9 Å². The fraction of sp³-hybridized carbons (Fsp3) is 0.667. The average Bonchev–Trinajstić information content (AvgIpc) is 3.69. The molecular formula is C21H29ClN8Na2O15P2. The van der Waals surface area contributed by atoms with Crippen LogP contribution in [0.4, 0.5) is 5.95 Å². The maximum atomic E-state index is 12.5. The number of nitrogens with two attached hydrogens (primary N) is 1. The third-order valence-corrected chi connectivity index (χ3v) is 9.88. The van der Waals surface area contributed by atoms with Gasteiger partial charge in [-0.25, -0.2) is 14.0 Å². The number of phosphoric ester groups is 2. The first kappa shape index (κ1) is 43.0. The molecule has 2 fully saturated rings. The summed E-state index contributed by atoms with van der Waals surface area (Å²) in [6, 6.07) is 0. The molecule has 11 atom stereocenters. The van der Waals surface area contributed by atoms with Gasteiger partial charge < -0.3 is 55.1 Å². The fourth-order valence-electron chi connectivity index (χ4n) is 4.81. The predicted molar refractivity (Wildman–Crippen MR) is 148 cm³/mol. The minimum absolute atomic E-state index is 0. The molecule has 28 heteroatoms. The molecule has 3 aromatic heterocycles. The number of nitrogens with zero attached hydrogens (tertiary/aromatic N) is 6. The van der Waals surface area contributed by atoms with Crippen LogP contribution in [0.1, 0.15) is 18.3 Å². The van der Waals surface area contributed by atoms with E-state index in [2.05, 4.69) is 38.6 Å². The normalized spacial score (nSPS) is 31.1. The molecule has 49 heavy (non-hydrogen) atoms. The molecule has 0 aromatic carbocycles. The van der Waals surface area contributed by atoms with Crippen molar-refractivity contribution in [2.75, 3.05) is 18.2 Å². The van der Waals surface area contributed by atoms with E-state index < -0.39 is 83.1 Å². The van der Waals surface area contributed by atoms with Gasteiger partial charge in [0, 0.05) is 12.1 Å². The Kier molecular flexibility index (Phi) is 15.4. The van der Waals surface area contributed by atoms with Crippen molar-refractivity contribution in [3.05, 3.63) is 28.6 Å². The number of aromatic nitrogens is 7. The molecule has 5 heterocycles. The van der Waals surface area contributed by atoms with Gasteiger partial charge in [-0.05, 0) is 12.8 Å². The number of aromatic amines is 1. The van der Waals surface area contributed by atoms with Crippen LogP contribution in [0.5, 0.6) is 0 Å². The Bertz CT molecular complexity index is 1720. The Morgan fingerprint density at radius 3 is 2.41 bits per heavy atom. The third-order valence-electron chi connectivity index (χ3n) is 7.08. The molecule has 0 saturated carbocycles. The van der Waals surface area contributed by atoms with Crippen molar-refractivity contribution in [1.82, 2.24) is 34.5 Å². The van der Waals surface area contributed by atoms with Gasteiger partial charge in [-0.3, -0.25) is 28.0 Å². The number of anilines is 1. The number of fused-ring (bicyclic) bond motifs is 1. The number of ether oxygens (including phenoxy) is 2. The number of rotatable bonds is 13. The van der Waals surface area contributed by atoms with Crippen LogP contribution in [0.15, 0.2) is 17.3 Å². The number of alkyl halides is 1. The molecule has 3 aromatic rings. The smallest absolute Gasteiger partial charge is 0.756 e. The zero-order chi connectivity index (χ0) is 34.3. The summed E-state index contributed by atoms with van der Waals surface area (Å²) in [6.45, 7) is -1.38. The van der Waals surface area contributed by atoms with Gasteiger partial charge >= 0.3 is 59.1 Å². The van der Waals surface area contributed by atoms with E-state index in [0.717, 1.165) is 10.9 Å². The largest absolute Gasteiger partial charge is 1.00 e. The van der Waals surface area contributed by atoms with Gasteiger partial charge in [-0.2, -0.15) is 4.98 Å². The Labute approximate surface area is 324 Å². The summed E-state index contributed by atoms with van der Waals surface area (Å²) in [4.78, 5) is 46.9. The topological polar surface area (TPSA) is 348 Å². The molecule has 2 aliphatic heterocycles. The van der Waals surface area contributed by atoms with E-state index in [4.69, 9.17) is 26.8 Å². The van der Waals surface area contributed by atoms with E-state index in [9.17, 15) is 49.2 Å². The first-order chi connectivity index (χ1) is 22.1. The van der Waals surface area contributed by atoms with Crippen LogP contribution < -0.4 is 80.2 Å². The summed E-state index contributed by atoms with van der Waals surface area (Å²) in [6.07, 6.45) is -12.6. The number of hydrogen-bond acceptors (Lipinski definition) is 20. The number of phosphoric acid groups is 2. The molecule has 2 unspecified atom stereocenters. The van der Waals surface area contributed by atoms with E-state index in [-0.39, 0.29) is 82.8 Å². The van der Waals surface area contributed by atoms with Crippen molar-refractivity contribution in [1.29, 1.82) is 0 Å². The first-order valence-corrected chi connectivity index (χ1v) is 17.1. The SMILES string of the molecule is Nc1nc2c(ncn2[C@@H]2O[C@H](COP(=O)([O-])OP(=O)([O-])O[C@H]3O[C@@H](Cn4cc(CCCCl)nn4)[C@@H](O)[C@@H](O)[C@@H]3O)[C@@H](O)[C@H]2O)c(=O)[nH]1.[Na+].[Na+]. The number of aliphatic hydroxyl groups excluding tert-OH is 5. The second kappa shape index (κ2) is 17.6. The quantitative estimate of drug-likeness (QED) is 0.0481. The first-order valence-electron chi connectivity index (χ1n) is 13.6. The zero-order valence-corrected chi connectivity index (χ0v) is 32.3.